The van der Waals surface area contributed by atoms with Gasteiger partial charge in [-0.2, -0.15) is 0 Å². The van der Waals surface area contributed by atoms with E-state index >= 15 is 0 Å². The minimum absolute atomic E-state index is 0.305. The van der Waals surface area contributed by atoms with Crippen molar-refractivity contribution in [3.8, 4) is 0 Å². The fourth-order valence-corrected chi connectivity index (χ4v) is 2.69. The lowest BCUT2D eigenvalue weighted by molar-refractivity contribution is -0.143. The van der Waals surface area contributed by atoms with Gasteiger partial charge in [-0.25, -0.2) is 4.79 Å². The summed E-state index contributed by atoms with van der Waals surface area (Å²) >= 11 is 0. The molecular weight excluding hydrogens is 260 g/mol. The number of carboxylic acid groups (broad SMARTS) is 1. The van der Waals surface area contributed by atoms with Gasteiger partial charge in [0.2, 0.25) is 11.8 Å². The van der Waals surface area contributed by atoms with Crippen molar-refractivity contribution in [2.45, 2.75) is 63.8 Å². The van der Waals surface area contributed by atoms with E-state index in [4.69, 9.17) is 10.8 Å². The van der Waals surface area contributed by atoms with Crippen molar-refractivity contribution in [1.82, 2.24) is 5.32 Å². The third kappa shape index (κ3) is 6.54. The Labute approximate surface area is 119 Å². The average molecular weight is 284 g/mol. The Balaban J connectivity index is 2.23. The van der Waals surface area contributed by atoms with Crippen LogP contribution in [0.3, 0.4) is 0 Å². The van der Waals surface area contributed by atoms with Gasteiger partial charge in [-0.15, -0.1) is 0 Å². The summed E-state index contributed by atoms with van der Waals surface area (Å²) in [4.78, 5) is 33.2. The van der Waals surface area contributed by atoms with Gasteiger partial charge in [0.1, 0.15) is 6.04 Å². The van der Waals surface area contributed by atoms with E-state index in [0.717, 1.165) is 12.8 Å². The lowest BCUT2D eigenvalue weighted by atomic mass is 9.86. The van der Waals surface area contributed by atoms with Crippen LogP contribution < -0.4 is 11.1 Å². The van der Waals surface area contributed by atoms with Crippen LogP contribution >= 0.6 is 0 Å². The fourth-order valence-electron chi connectivity index (χ4n) is 2.69. The van der Waals surface area contributed by atoms with Crippen LogP contribution in [0.2, 0.25) is 0 Å². The average Bonchev–Trinajstić information content (AvgIpc) is 2.38. The smallest absolute Gasteiger partial charge is 0.326 e. The van der Waals surface area contributed by atoms with Crippen LogP contribution in [0.15, 0.2) is 0 Å². The molecule has 4 N–H and O–H groups in total. The topological polar surface area (TPSA) is 109 Å². The minimum atomic E-state index is -1.23. The Morgan fingerprint density at radius 2 is 1.85 bits per heavy atom. The largest absolute Gasteiger partial charge is 0.480 e. The molecule has 0 aromatic heterocycles. The van der Waals surface area contributed by atoms with Crippen LogP contribution in [0, 0.1) is 5.92 Å². The number of aliphatic carboxylic acids is 1. The van der Waals surface area contributed by atoms with Crippen molar-refractivity contribution in [2.75, 3.05) is 0 Å². The number of rotatable bonds is 8. The predicted molar refractivity (Wildman–Crippen MR) is 73.8 cm³/mol. The second-order valence-corrected chi connectivity index (χ2v) is 5.53. The first-order valence-electron chi connectivity index (χ1n) is 7.29. The highest BCUT2D eigenvalue weighted by molar-refractivity contribution is 5.88. The van der Waals surface area contributed by atoms with Gasteiger partial charge in [0.15, 0.2) is 0 Å². The normalized spacial score (nSPS) is 17.4. The van der Waals surface area contributed by atoms with Gasteiger partial charge in [0.05, 0.1) is 6.42 Å². The highest BCUT2D eigenvalue weighted by Gasteiger charge is 2.22. The number of carbonyl (C=O) groups is 3. The van der Waals surface area contributed by atoms with Gasteiger partial charge < -0.3 is 16.2 Å². The maximum atomic E-state index is 11.7. The number of primary amides is 1. The fraction of sp³-hybridized carbons (Fsp3) is 0.786. The standard InChI is InChI=1S/C14H24N2O4/c15-12(17)9-11(14(19)20)16-13(18)8-4-7-10-5-2-1-3-6-10/h10-11H,1-9H2,(H2,15,17)(H,16,18)(H,19,20)/t11-/m0/s1. The van der Waals surface area contributed by atoms with Crippen molar-refractivity contribution in [3.05, 3.63) is 0 Å². The van der Waals surface area contributed by atoms with Crippen LogP contribution in [-0.2, 0) is 14.4 Å². The van der Waals surface area contributed by atoms with Gasteiger partial charge in [0, 0.05) is 6.42 Å². The number of hydrogen-bond acceptors (Lipinski definition) is 3. The monoisotopic (exact) mass is 284 g/mol. The molecule has 1 rings (SSSR count). The van der Waals surface area contributed by atoms with Crippen molar-refractivity contribution in [3.63, 3.8) is 0 Å². The van der Waals surface area contributed by atoms with E-state index < -0.39 is 17.9 Å². The zero-order valence-electron chi connectivity index (χ0n) is 11.8. The first-order chi connectivity index (χ1) is 9.49. The Morgan fingerprint density at radius 1 is 1.20 bits per heavy atom. The Hall–Kier alpha value is -1.59. The molecule has 1 fully saturated rings. The molecule has 2 amide bonds. The van der Waals surface area contributed by atoms with Crippen molar-refractivity contribution in [1.29, 1.82) is 0 Å². The number of nitrogens with two attached hydrogens (primary N) is 1. The summed E-state index contributed by atoms with van der Waals surface area (Å²) in [7, 11) is 0. The van der Waals surface area contributed by atoms with E-state index in [0.29, 0.717) is 12.3 Å². The van der Waals surface area contributed by atoms with Crippen LogP contribution in [-0.4, -0.2) is 28.9 Å². The third-order valence-corrected chi connectivity index (χ3v) is 3.78. The molecule has 0 bridgehead atoms. The third-order valence-electron chi connectivity index (χ3n) is 3.78. The molecule has 6 nitrogen and oxygen atoms in total. The molecule has 0 spiro atoms. The van der Waals surface area contributed by atoms with Gasteiger partial charge in [0.25, 0.3) is 0 Å². The van der Waals surface area contributed by atoms with Gasteiger partial charge in [-0.05, 0) is 18.8 Å². The second kappa shape index (κ2) is 8.55. The molecule has 0 saturated heterocycles. The maximum absolute atomic E-state index is 11.7. The molecule has 114 valence electrons. The lowest BCUT2D eigenvalue weighted by Gasteiger charge is -2.21. The number of nitrogens with one attached hydrogen (secondary N) is 1. The van der Waals surface area contributed by atoms with Crippen molar-refractivity contribution in [2.24, 2.45) is 11.7 Å². The highest BCUT2D eigenvalue weighted by Crippen LogP contribution is 2.27. The summed E-state index contributed by atoms with van der Waals surface area (Å²) in [6.07, 6.45) is 8.04. The number of carboxylic acids is 1. The zero-order chi connectivity index (χ0) is 15.0. The molecule has 20 heavy (non-hydrogen) atoms. The summed E-state index contributed by atoms with van der Waals surface area (Å²) in [5, 5.41) is 11.2. The molecule has 1 aliphatic carbocycles. The molecule has 0 radical (unpaired) electrons. The van der Waals surface area contributed by atoms with Crippen LogP contribution in [0.1, 0.15) is 57.8 Å². The molecular formula is C14H24N2O4. The zero-order valence-corrected chi connectivity index (χ0v) is 11.8. The van der Waals surface area contributed by atoms with Gasteiger partial charge in [-0.3, -0.25) is 9.59 Å². The molecule has 0 aliphatic heterocycles. The summed E-state index contributed by atoms with van der Waals surface area (Å²) in [6, 6.07) is -1.21. The quantitative estimate of drug-likeness (QED) is 0.621. The Bertz CT molecular complexity index is 351. The predicted octanol–water partition coefficient (Wildman–Crippen LogP) is 1.18. The molecule has 6 heteroatoms. The Morgan fingerprint density at radius 3 is 2.40 bits per heavy atom. The van der Waals surface area contributed by atoms with E-state index in [1.807, 2.05) is 0 Å². The lowest BCUT2D eigenvalue weighted by Crippen LogP contribution is -2.43. The number of amides is 2. The first-order valence-corrected chi connectivity index (χ1v) is 7.29. The molecule has 1 aliphatic rings. The molecule has 0 unspecified atom stereocenters. The molecule has 1 atom stereocenters. The summed E-state index contributed by atoms with van der Waals surface area (Å²) in [5.74, 6) is -1.59. The van der Waals surface area contributed by atoms with E-state index in [2.05, 4.69) is 5.32 Å². The van der Waals surface area contributed by atoms with Gasteiger partial charge >= 0.3 is 5.97 Å². The number of carbonyl (C=O) groups excluding carboxylic acids is 2. The first kappa shape index (κ1) is 16.5. The maximum Gasteiger partial charge on any atom is 0.326 e. The summed E-state index contributed by atoms with van der Waals surface area (Å²) in [6.45, 7) is 0. The van der Waals surface area contributed by atoms with Crippen LogP contribution in [0.4, 0.5) is 0 Å². The van der Waals surface area contributed by atoms with Crippen LogP contribution in [0.5, 0.6) is 0 Å². The molecule has 0 heterocycles. The van der Waals surface area contributed by atoms with E-state index in [9.17, 15) is 14.4 Å². The van der Waals surface area contributed by atoms with Crippen molar-refractivity contribution >= 4 is 17.8 Å². The Kier molecular flexibility index (Phi) is 7.04. The van der Waals surface area contributed by atoms with E-state index in [1.54, 1.807) is 0 Å². The molecule has 0 aromatic rings. The summed E-state index contributed by atoms with van der Waals surface area (Å²) in [5.41, 5.74) is 4.95. The number of hydrogen-bond donors (Lipinski definition) is 3. The van der Waals surface area contributed by atoms with Crippen molar-refractivity contribution < 1.29 is 19.5 Å². The molecule has 1 saturated carbocycles. The van der Waals surface area contributed by atoms with E-state index in [1.165, 1.54) is 32.1 Å². The minimum Gasteiger partial charge on any atom is -0.480 e. The SMILES string of the molecule is NC(=O)C[C@H](NC(=O)CCCC1CCCCC1)C(=O)O. The van der Waals surface area contributed by atoms with Gasteiger partial charge in [-0.1, -0.05) is 32.1 Å². The summed E-state index contributed by atoms with van der Waals surface area (Å²) < 4.78 is 0. The highest BCUT2D eigenvalue weighted by atomic mass is 16.4. The van der Waals surface area contributed by atoms with Crippen LogP contribution in [0.25, 0.3) is 0 Å². The van der Waals surface area contributed by atoms with E-state index in [-0.39, 0.29) is 12.3 Å². The molecule has 0 aromatic carbocycles. The second-order valence-electron chi connectivity index (χ2n) is 5.53.